The van der Waals surface area contributed by atoms with Gasteiger partial charge in [0.15, 0.2) is 0 Å². The maximum atomic E-state index is 12.8. The van der Waals surface area contributed by atoms with Gasteiger partial charge in [-0.2, -0.15) is 0 Å². The maximum Gasteiger partial charge on any atom is 0.294 e. The maximum absolute atomic E-state index is 12.8. The van der Waals surface area contributed by atoms with Gasteiger partial charge in [0.25, 0.3) is 11.1 Å². The smallest absolute Gasteiger partial charge is 0.294 e. The average Bonchev–Trinajstić information content (AvgIpc) is 3.11. The first-order chi connectivity index (χ1) is 16.9. The number of amides is 3. The van der Waals surface area contributed by atoms with Crippen molar-refractivity contribution in [3.8, 4) is 5.75 Å². The van der Waals surface area contributed by atoms with Crippen LogP contribution >= 0.6 is 35.1 Å². The van der Waals surface area contributed by atoms with Gasteiger partial charge in [-0.3, -0.25) is 19.3 Å². The third-order valence-corrected chi connectivity index (χ3v) is 7.04. The lowest BCUT2D eigenvalue weighted by Crippen LogP contribution is -2.36. The summed E-state index contributed by atoms with van der Waals surface area (Å²) in [7, 11) is 0. The summed E-state index contributed by atoms with van der Waals surface area (Å²) in [6.45, 7) is -0.0545. The normalized spacial score (nSPS) is 14.5. The third kappa shape index (κ3) is 6.48. The molecule has 9 heteroatoms. The van der Waals surface area contributed by atoms with Crippen LogP contribution in [0.3, 0.4) is 0 Å². The van der Waals surface area contributed by atoms with Gasteiger partial charge in [0, 0.05) is 21.2 Å². The van der Waals surface area contributed by atoms with Crippen LogP contribution in [0.25, 0.3) is 6.08 Å². The van der Waals surface area contributed by atoms with Crippen molar-refractivity contribution in [1.82, 2.24) is 4.90 Å². The molecule has 0 aromatic heterocycles. The van der Waals surface area contributed by atoms with Gasteiger partial charge in [0.1, 0.15) is 18.9 Å². The molecule has 3 amide bonds. The van der Waals surface area contributed by atoms with E-state index < -0.39 is 17.1 Å². The molecule has 178 valence electrons. The predicted molar refractivity (Wildman–Crippen MR) is 142 cm³/mol. The van der Waals surface area contributed by atoms with Gasteiger partial charge >= 0.3 is 0 Å². The second-order valence-corrected chi connectivity index (χ2v) is 9.78. The van der Waals surface area contributed by atoms with E-state index in [2.05, 4.69) is 5.32 Å². The highest BCUT2D eigenvalue weighted by Gasteiger charge is 2.36. The van der Waals surface area contributed by atoms with E-state index in [-0.39, 0.29) is 11.4 Å². The number of carbonyl (C=O) groups is 3. The molecule has 0 aliphatic carbocycles. The number of benzene rings is 3. The van der Waals surface area contributed by atoms with Gasteiger partial charge < -0.3 is 10.1 Å². The summed E-state index contributed by atoms with van der Waals surface area (Å²) < 4.78 is 5.84. The Morgan fingerprint density at radius 2 is 1.89 bits per heavy atom. The molecule has 0 atom stereocenters. The molecule has 0 unspecified atom stereocenters. The predicted octanol–water partition coefficient (Wildman–Crippen LogP) is 6.32. The Bertz CT molecular complexity index is 1310. The van der Waals surface area contributed by atoms with Gasteiger partial charge in [-0.15, -0.1) is 11.8 Å². The van der Waals surface area contributed by atoms with Gasteiger partial charge in [-0.05, 0) is 66.1 Å². The number of nitrogens with zero attached hydrogens (tertiary/aromatic N) is 1. The number of ether oxygens (including phenoxy) is 1. The third-order valence-electron chi connectivity index (χ3n) is 5.04. The molecule has 1 N–H and O–H groups in total. The molecule has 1 heterocycles. The molecule has 35 heavy (non-hydrogen) atoms. The molecule has 6 nitrogen and oxygen atoms in total. The molecular formula is C26H21ClN2O4S2. The molecule has 1 aliphatic rings. The van der Waals surface area contributed by atoms with Gasteiger partial charge in [-0.25, -0.2) is 0 Å². The monoisotopic (exact) mass is 524 g/mol. The Labute approximate surface area is 216 Å². The summed E-state index contributed by atoms with van der Waals surface area (Å²) >= 11 is 8.54. The van der Waals surface area contributed by atoms with Crippen LogP contribution in [0.5, 0.6) is 5.75 Å². The summed E-state index contributed by atoms with van der Waals surface area (Å²) in [5.74, 6) is -0.345. The molecule has 1 saturated heterocycles. The van der Waals surface area contributed by atoms with E-state index in [1.165, 1.54) is 0 Å². The molecule has 0 bridgehead atoms. The second kappa shape index (κ2) is 11.5. The van der Waals surface area contributed by atoms with Crippen molar-refractivity contribution < 1.29 is 19.1 Å². The SMILES string of the molecule is CSc1cccc(NC(=O)CN2C(=O)S/C(=C/c3cccc(OCc4ccccc4Cl)c3)C2=O)c1. The fraction of sp³-hybridized carbons (Fsp3) is 0.115. The largest absolute Gasteiger partial charge is 0.489 e. The fourth-order valence-corrected chi connectivity index (χ4v) is 4.79. The minimum atomic E-state index is -0.504. The Kier molecular flexibility index (Phi) is 8.17. The summed E-state index contributed by atoms with van der Waals surface area (Å²) in [6, 6.07) is 22.0. The van der Waals surface area contributed by atoms with Crippen LogP contribution in [0.2, 0.25) is 5.02 Å². The lowest BCUT2D eigenvalue weighted by molar-refractivity contribution is -0.127. The van der Waals surface area contributed by atoms with Gasteiger partial charge in [0.05, 0.1) is 4.91 Å². The highest BCUT2D eigenvalue weighted by Crippen LogP contribution is 2.33. The van der Waals surface area contributed by atoms with Crippen molar-refractivity contribution >= 4 is 63.9 Å². The lowest BCUT2D eigenvalue weighted by atomic mass is 10.2. The van der Waals surface area contributed by atoms with E-state index in [9.17, 15) is 14.4 Å². The number of rotatable bonds is 8. The summed E-state index contributed by atoms with van der Waals surface area (Å²) in [5.41, 5.74) is 2.17. The number of anilines is 1. The van der Waals surface area contributed by atoms with E-state index in [0.717, 1.165) is 27.1 Å². The Balaban J connectivity index is 1.40. The van der Waals surface area contributed by atoms with Crippen LogP contribution in [0.15, 0.2) is 82.6 Å². The lowest BCUT2D eigenvalue weighted by Gasteiger charge is -2.12. The molecule has 1 fully saturated rings. The molecule has 0 spiro atoms. The van der Waals surface area contributed by atoms with E-state index in [4.69, 9.17) is 16.3 Å². The standard InChI is InChI=1S/C26H21ClN2O4S2/c1-34-21-10-5-8-19(14-21)28-24(30)15-29-25(31)23(35-26(29)32)13-17-6-4-9-20(12-17)33-16-18-7-2-3-11-22(18)27/h2-14H,15-16H2,1H3,(H,28,30)/b23-13+. The zero-order valence-electron chi connectivity index (χ0n) is 18.7. The average molecular weight is 525 g/mol. The second-order valence-electron chi connectivity index (χ2n) is 7.50. The van der Waals surface area contributed by atoms with Crippen molar-refractivity contribution in [2.24, 2.45) is 0 Å². The fourth-order valence-electron chi connectivity index (χ4n) is 3.30. The van der Waals surface area contributed by atoms with Gasteiger partial charge in [0.2, 0.25) is 5.91 Å². The van der Waals surface area contributed by atoms with Crippen molar-refractivity contribution in [3.05, 3.63) is 93.9 Å². The number of carbonyl (C=O) groups excluding carboxylic acids is 3. The molecule has 1 aliphatic heterocycles. The van der Waals surface area contributed by atoms with E-state index >= 15 is 0 Å². The van der Waals surface area contributed by atoms with Crippen LogP contribution in [0.1, 0.15) is 11.1 Å². The Morgan fingerprint density at radius 1 is 1.09 bits per heavy atom. The topological polar surface area (TPSA) is 75.7 Å². The Hall–Kier alpha value is -3.20. The Morgan fingerprint density at radius 3 is 2.69 bits per heavy atom. The summed E-state index contributed by atoms with van der Waals surface area (Å²) in [5, 5.41) is 2.87. The first-order valence-corrected chi connectivity index (χ1v) is 13.0. The summed E-state index contributed by atoms with van der Waals surface area (Å²) in [4.78, 5) is 39.9. The van der Waals surface area contributed by atoms with Crippen molar-refractivity contribution in [2.75, 3.05) is 18.1 Å². The first kappa shape index (κ1) is 24.9. The van der Waals surface area contributed by atoms with Crippen molar-refractivity contribution in [2.45, 2.75) is 11.5 Å². The van der Waals surface area contributed by atoms with Crippen molar-refractivity contribution in [1.29, 1.82) is 0 Å². The van der Waals surface area contributed by atoms with Crippen LogP contribution in [0.4, 0.5) is 10.5 Å². The summed E-state index contributed by atoms with van der Waals surface area (Å²) in [6.07, 6.45) is 3.56. The number of halogens is 1. The number of thioether (sulfide) groups is 2. The van der Waals surface area contributed by atoms with Gasteiger partial charge in [-0.1, -0.05) is 48.0 Å². The number of imide groups is 1. The molecule has 0 radical (unpaired) electrons. The molecule has 0 saturated carbocycles. The minimum absolute atomic E-state index is 0.246. The van der Waals surface area contributed by atoms with E-state index in [1.54, 1.807) is 48.2 Å². The number of nitrogens with one attached hydrogen (secondary N) is 1. The quantitative estimate of drug-likeness (QED) is 0.274. The highest BCUT2D eigenvalue weighted by molar-refractivity contribution is 8.18. The van der Waals surface area contributed by atoms with Crippen LogP contribution in [0, 0.1) is 0 Å². The first-order valence-electron chi connectivity index (χ1n) is 10.6. The molecule has 4 rings (SSSR count). The van der Waals surface area contributed by atoms with E-state index in [1.807, 2.05) is 48.7 Å². The number of hydrogen-bond acceptors (Lipinski definition) is 6. The van der Waals surface area contributed by atoms with Crippen LogP contribution in [-0.2, 0) is 16.2 Å². The molecule has 3 aromatic rings. The van der Waals surface area contributed by atoms with Crippen molar-refractivity contribution in [3.63, 3.8) is 0 Å². The minimum Gasteiger partial charge on any atom is -0.489 e. The zero-order valence-corrected chi connectivity index (χ0v) is 21.1. The zero-order chi connectivity index (χ0) is 24.8. The van der Waals surface area contributed by atoms with E-state index in [0.29, 0.717) is 28.6 Å². The highest BCUT2D eigenvalue weighted by atomic mass is 35.5. The molecular weight excluding hydrogens is 504 g/mol. The van der Waals surface area contributed by atoms with Crippen LogP contribution < -0.4 is 10.1 Å². The molecule has 3 aromatic carbocycles. The number of hydrogen-bond donors (Lipinski definition) is 1. The van der Waals surface area contributed by atoms with Crippen LogP contribution in [-0.4, -0.2) is 34.8 Å².